The molecule has 0 aliphatic rings. The van der Waals surface area contributed by atoms with Gasteiger partial charge in [0.15, 0.2) is 0 Å². The van der Waals surface area contributed by atoms with E-state index in [1.807, 2.05) is 81.7 Å². The Bertz CT molecular complexity index is 1230. The minimum atomic E-state index is -0.313. The normalized spacial score (nSPS) is 11.5. The van der Waals surface area contributed by atoms with Crippen molar-refractivity contribution in [1.29, 1.82) is 0 Å². The van der Waals surface area contributed by atoms with E-state index in [2.05, 4.69) is 31.1 Å². The van der Waals surface area contributed by atoms with E-state index < -0.39 is 0 Å². The topological polar surface area (TPSA) is 61.8 Å². The van der Waals surface area contributed by atoms with Gasteiger partial charge in [-0.05, 0) is 41.8 Å². The van der Waals surface area contributed by atoms with Crippen molar-refractivity contribution in [2.45, 2.75) is 43.8 Å². The highest BCUT2D eigenvalue weighted by atomic mass is 32.2. The van der Waals surface area contributed by atoms with Crippen molar-refractivity contribution >= 4 is 35.6 Å². The van der Waals surface area contributed by atoms with Crippen molar-refractivity contribution in [2.24, 2.45) is 4.99 Å². The quantitative estimate of drug-likeness (QED) is 0.236. The smallest absolute Gasteiger partial charge is 0.279 e. The van der Waals surface area contributed by atoms with Gasteiger partial charge < -0.3 is 10.2 Å². The van der Waals surface area contributed by atoms with Crippen LogP contribution in [-0.2, 0) is 11.2 Å². The van der Waals surface area contributed by atoms with E-state index in [-0.39, 0.29) is 16.6 Å². The van der Waals surface area contributed by atoms with Crippen molar-refractivity contribution in [3.05, 3.63) is 83.4 Å². The molecule has 0 spiro atoms. The monoisotopic (exact) mass is 487 g/mol. The van der Waals surface area contributed by atoms with Gasteiger partial charge in [0.25, 0.3) is 5.91 Å². The van der Waals surface area contributed by atoms with E-state index in [1.54, 1.807) is 22.7 Å². The van der Waals surface area contributed by atoms with Gasteiger partial charge in [-0.25, -0.2) is 0 Å². The van der Waals surface area contributed by atoms with E-state index in [9.17, 15) is 9.59 Å². The summed E-state index contributed by atoms with van der Waals surface area (Å²) >= 11 is 1.69. The zero-order valence-corrected chi connectivity index (χ0v) is 22.1. The first kappa shape index (κ1) is 26.2. The lowest BCUT2D eigenvalue weighted by Gasteiger charge is -2.21. The lowest BCUT2D eigenvalue weighted by Crippen LogP contribution is -2.16. The molecule has 0 unspecified atom stereocenters. The summed E-state index contributed by atoms with van der Waals surface area (Å²) in [6.07, 6.45) is 1.79. The van der Waals surface area contributed by atoms with E-state index in [0.717, 1.165) is 32.8 Å². The summed E-state index contributed by atoms with van der Waals surface area (Å²) in [5.74, 6) is -0.394. The van der Waals surface area contributed by atoms with Gasteiger partial charge in [-0.15, -0.1) is 11.8 Å². The van der Waals surface area contributed by atoms with Crippen LogP contribution in [0.1, 0.15) is 42.3 Å². The minimum absolute atomic E-state index is 0.0350. The second kappa shape index (κ2) is 11.4. The number of carbonyl (C=O) groups excluding carboxylic acids is 2. The highest BCUT2D eigenvalue weighted by Gasteiger charge is 2.19. The number of hydrogen-bond donors (Lipinski definition) is 1. The van der Waals surface area contributed by atoms with Crippen LogP contribution >= 0.6 is 11.8 Å². The molecular formula is C29H33N3O2S. The Labute approximate surface area is 212 Å². The minimum Gasteiger partial charge on any atom is -0.369 e. The Kier molecular flexibility index (Phi) is 8.52. The summed E-state index contributed by atoms with van der Waals surface area (Å²) < 4.78 is -0.0350. The van der Waals surface area contributed by atoms with Gasteiger partial charge in [0, 0.05) is 29.3 Å². The number of carbonyl (C=O) groups is 2. The van der Waals surface area contributed by atoms with Crippen molar-refractivity contribution in [3.63, 3.8) is 0 Å². The maximum absolute atomic E-state index is 13.0. The van der Waals surface area contributed by atoms with Gasteiger partial charge in [-0.1, -0.05) is 74.9 Å². The van der Waals surface area contributed by atoms with Gasteiger partial charge in [-0.3, -0.25) is 9.59 Å². The molecule has 3 aromatic rings. The lowest BCUT2D eigenvalue weighted by molar-refractivity contribution is -0.115. The summed E-state index contributed by atoms with van der Waals surface area (Å²) in [5.41, 5.74) is 4.99. The molecule has 0 aliphatic carbocycles. The molecule has 182 valence electrons. The standard InChI is InChI=1S/C29H33N3O2S/c1-20-11-13-21(14-12-20)17-27(33)31-25-18-22(15-16-26(25)35-29(2,3)4)23-9-7-8-10-24(23)28(34)30-19-32(5)6/h7-16,18-19H,17H2,1-6H3,(H,31,33). The average Bonchev–Trinajstić information content (AvgIpc) is 2.79. The van der Waals surface area contributed by atoms with Crippen LogP contribution in [0.15, 0.2) is 76.6 Å². The van der Waals surface area contributed by atoms with Crippen LogP contribution in [0.2, 0.25) is 0 Å². The summed E-state index contributed by atoms with van der Waals surface area (Å²) in [6, 6.07) is 21.3. The summed E-state index contributed by atoms with van der Waals surface area (Å²) in [4.78, 5) is 32.5. The second-order valence-electron chi connectivity index (χ2n) is 9.69. The zero-order chi connectivity index (χ0) is 25.6. The Morgan fingerprint density at radius 1 is 1.00 bits per heavy atom. The van der Waals surface area contributed by atoms with Crippen molar-refractivity contribution in [1.82, 2.24) is 4.90 Å². The number of aryl methyl sites for hydroxylation is 1. The Morgan fingerprint density at radius 3 is 2.34 bits per heavy atom. The first-order valence-corrected chi connectivity index (χ1v) is 12.4. The molecule has 35 heavy (non-hydrogen) atoms. The predicted octanol–water partition coefficient (Wildman–Crippen LogP) is 6.46. The van der Waals surface area contributed by atoms with E-state index in [0.29, 0.717) is 12.0 Å². The zero-order valence-electron chi connectivity index (χ0n) is 21.3. The SMILES string of the molecule is Cc1ccc(CC(=O)Nc2cc(-c3ccccc3C(=O)N=CN(C)C)ccc2SC(C)(C)C)cc1. The molecule has 3 aromatic carbocycles. The highest BCUT2D eigenvalue weighted by molar-refractivity contribution is 8.00. The first-order valence-electron chi connectivity index (χ1n) is 11.5. The summed E-state index contributed by atoms with van der Waals surface area (Å²) in [7, 11) is 3.64. The number of amides is 2. The van der Waals surface area contributed by atoms with Crippen LogP contribution in [0.25, 0.3) is 11.1 Å². The van der Waals surface area contributed by atoms with Crippen LogP contribution in [0.5, 0.6) is 0 Å². The number of anilines is 1. The summed E-state index contributed by atoms with van der Waals surface area (Å²) in [5, 5.41) is 3.11. The van der Waals surface area contributed by atoms with Crippen molar-refractivity contribution in [2.75, 3.05) is 19.4 Å². The number of rotatable bonds is 7. The van der Waals surface area contributed by atoms with Gasteiger partial charge in [-0.2, -0.15) is 4.99 Å². The van der Waals surface area contributed by atoms with Crippen LogP contribution in [0.4, 0.5) is 5.69 Å². The fourth-order valence-electron chi connectivity index (χ4n) is 3.46. The Hall–Kier alpha value is -3.38. The molecule has 0 aromatic heterocycles. The molecule has 3 rings (SSSR count). The molecule has 0 heterocycles. The predicted molar refractivity (Wildman–Crippen MR) is 148 cm³/mol. The van der Waals surface area contributed by atoms with Crippen LogP contribution < -0.4 is 5.32 Å². The molecule has 6 heteroatoms. The highest BCUT2D eigenvalue weighted by Crippen LogP contribution is 2.39. The summed E-state index contributed by atoms with van der Waals surface area (Å²) in [6.45, 7) is 8.44. The maximum atomic E-state index is 13.0. The van der Waals surface area contributed by atoms with Crippen LogP contribution in [0.3, 0.4) is 0 Å². The van der Waals surface area contributed by atoms with Gasteiger partial charge in [0.2, 0.25) is 5.91 Å². The molecule has 0 fully saturated rings. The van der Waals surface area contributed by atoms with Crippen molar-refractivity contribution in [3.8, 4) is 11.1 Å². The number of benzene rings is 3. The first-order chi connectivity index (χ1) is 16.5. The molecule has 1 N–H and O–H groups in total. The molecule has 0 saturated heterocycles. The van der Waals surface area contributed by atoms with Gasteiger partial charge in [0.1, 0.15) is 0 Å². The number of nitrogens with zero attached hydrogens (tertiary/aromatic N) is 2. The van der Waals surface area contributed by atoms with E-state index >= 15 is 0 Å². The molecule has 5 nitrogen and oxygen atoms in total. The van der Waals surface area contributed by atoms with E-state index in [4.69, 9.17) is 0 Å². The van der Waals surface area contributed by atoms with E-state index in [1.165, 1.54) is 6.34 Å². The lowest BCUT2D eigenvalue weighted by atomic mass is 9.98. The second-order valence-corrected chi connectivity index (χ2v) is 11.6. The van der Waals surface area contributed by atoms with Gasteiger partial charge >= 0.3 is 0 Å². The largest absolute Gasteiger partial charge is 0.369 e. The third-order valence-electron chi connectivity index (χ3n) is 5.03. The van der Waals surface area contributed by atoms with Crippen LogP contribution in [0, 0.1) is 6.92 Å². The molecule has 0 saturated carbocycles. The Morgan fingerprint density at radius 2 is 1.69 bits per heavy atom. The number of hydrogen-bond acceptors (Lipinski definition) is 3. The maximum Gasteiger partial charge on any atom is 0.279 e. The number of nitrogens with one attached hydrogen (secondary N) is 1. The molecule has 2 amide bonds. The molecule has 0 bridgehead atoms. The number of thioether (sulfide) groups is 1. The Balaban J connectivity index is 1.96. The van der Waals surface area contributed by atoms with Crippen LogP contribution in [-0.4, -0.2) is 41.9 Å². The molecule has 0 radical (unpaired) electrons. The molecule has 0 atom stereocenters. The van der Waals surface area contributed by atoms with Gasteiger partial charge in [0.05, 0.1) is 18.4 Å². The fraction of sp³-hybridized carbons (Fsp3) is 0.276. The molecular weight excluding hydrogens is 454 g/mol. The van der Waals surface area contributed by atoms with Crippen molar-refractivity contribution < 1.29 is 9.59 Å². The number of aliphatic imine (C=N–C) groups is 1. The fourth-order valence-corrected chi connectivity index (χ4v) is 4.47. The average molecular weight is 488 g/mol. The third kappa shape index (κ3) is 7.82. The molecule has 0 aliphatic heterocycles. The third-order valence-corrected chi connectivity index (χ3v) is 6.22.